The van der Waals surface area contributed by atoms with Crippen molar-refractivity contribution in [2.75, 3.05) is 25.1 Å². The van der Waals surface area contributed by atoms with Crippen LogP contribution in [0.3, 0.4) is 0 Å². The first-order valence-corrected chi connectivity index (χ1v) is 9.03. The fraction of sp³-hybridized carbons (Fsp3) is 0.368. The molecule has 0 radical (unpaired) electrons. The minimum Gasteiger partial charge on any atom is -0.497 e. The van der Waals surface area contributed by atoms with Gasteiger partial charge in [0.05, 0.1) is 7.11 Å². The van der Waals surface area contributed by atoms with Gasteiger partial charge in [0.2, 0.25) is 0 Å². The number of hydrogen-bond donors (Lipinski definition) is 1. The van der Waals surface area contributed by atoms with Gasteiger partial charge in [0.25, 0.3) is 5.91 Å². The molecule has 1 aromatic carbocycles. The standard InChI is InChI=1S/C19H22N6O2/c1-13-21-22-17-8-9-18(23-25(13)17)24-10-4-6-15(12-24)20-19(26)14-5-3-7-16(11-14)27-2/h3,5,7-9,11,15H,4,6,10,12H2,1-2H3,(H,20,26). The molecule has 1 amide bonds. The second kappa shape index (κ2) is 7.22. The van der Waals surface area contributed by atoms with E-state index in [2.05, 4.69) is 25.5 Å². The maximum absolute atomic E-state index is 12.6. The topological polar surface area (TPSA) is 84.6 Å². The van der Waals surface area contributed by atoms with Gasteiger partial charge in [0.1, 0.15) is 11.6 Å². The van der Waals surface area contributed by atoms with Gasteiger partial charge in [-0.1, -0.05) is 6.07 Å². The summed E-state index contributed by atoms with van der Waals surface area (Å²) in [5.74, 6) is 2.21. The zero-order valence-electron chi connectivity index (χ0n) is 15.4. The predicted molar refractivity (Wildman–Crippen MR) is 101 cm³/mol. The van der Waals surface area contributed by atoms with Crippen molar-refractivity contribution in [1.82, 2.24) is 25.1 Å². The van der Waals surface area contributed by atoms with E-state index in [0.717, 1.165) is 43.2 Å². The number of hydrogen-bond acceptors (Lipinski definition) is 6. The number of rotatable bonds is 4. The molecule has 3 heterocycles. The number of amides is 1. The van der Waals surface area contributed by atoms with Crippen LogP contribution in [0.25, 0.3) is 5.65 Å². The predicted octanol–water partition coefficient (Wildman–Crippen LogP) is 1.84. The van der Waals surface area contributed by atoms with E-state index in [-0.39, 0.29) is 11.9 Å². The summed E-state index contributed by atoms with van der Waals surface area (Å²) >= 11 is 0. The zero-order valence-corrected chi connectivity index (χ0v) is 15.4. The van der Waals surface area contributed by atoms with Gasteiger partial charge < -0.3 is 15.0 Å². The van der Waals surface area contributed by atoms with Crippen molar-refractivity contribution in [2.24, 2.45) is 0 Å². The van der Waals surface area contributed by atoms with Crippen molar-refractivity contribution < 1.29 is 9.53 Å². The Bertz CT molecular complexity index is 970. The summed E-state index contributed by atoms with van der Waals surface area (Å²) in [4.78, 5) is 14.8. The Morgan fingerprint density at radius 3 is 3.00 bits per heavy atom. The number of aromatic nitrogens is 4. The minimum absolute atomic E-state index is 0.0666. The third-order valence-corrected chi connectivity index (χ3v) is 4.82. The Hall–Kier alpha value is -3.16. The smallest absolute Gasteiger partial charge is 0.251 e. The Kier molecular flexibility index (Phi) is 4.62. The molecule has 27 heavy (non-hydrogen) atoms. The molecule has 1 fully saturated rings. The number of anilines is 1. The van der Waals surface area contributed by atoms with Crippen LogP contribution in [0.15, 0.2) is 36.4 Å². The highest BCUT2D eigenvalue weighted by atomic mass is 16.5. The van der Waals surface area contributed by atoms with E-state index >= 15 is 0 Å². The number of fused-ring (bicyclic) bond motifs is 1. The van der Waals surface area contributed by atoms with Crippen LogP contribution in [0.1, 0.15) is 29.0 Å². The monoisotopic (exact) mass is 366 g/mol. The van der Waals surface area contributed by atoms with Gasteiger partial charge in [0, 0.05) is 24.7 Å². The van der Waals surface area contributed by atoms with E-state index in [9.17, 15) is 4.79 Å². The molecule has 1 aliphatic heterocycles. The first-order valence-electron chi connectivity index (χ1n) is 9.03. The Balaban J connectivity index is 1.47. The zero-order chi connectivity index (χ0) is 18.8. The molecule has 0 saturated carbocycles. The highest BCUT2D eigenvalue weighted by molar-refractivity contribution is 5.94. The molecule has 0 aliphatic carbocycles. The molecular weight excluding hydrogens is 344 g/mol. The first kappa shape index (κ1) is 17.3. The summed E-state index contributed by atoms with van der Waals surface area (Å²) in [6.45, 7) is 3.50. The van der Waals surface area contributed by atoms with E-state index in [1.165, 1.54) is 0 Å². The molecule has 140 valence electrons. The van der Waals surface area contributed by atoms with E-state index in [1.54, 1.807) is 23.8 Å². The van der Waals surface area contributed by atoms with Crippen LogP contribution < -0.4 is 15.0 Å². The van der Waals surface area contributed by atoms with Gasteiger partial charge in [-0.3, -0.25) is 4.79 Å². The highest BCUT2D eigenvalue weighted by Gasteiger charge is 2.23. The van der Waals surface area contributed by atoms with Gasteiger partial charge in [-0.2, -0.15) is 4.52 Å². The lowest BCUT2D eigenvalue weighted by Crippen LogP contribution is -2.48. The van der Waals surface area contributed by atoms with E-state index in [4.69, 9.17) is 4.74 Å². The number of ether oxygens (including phenoxy) is 1. The Morgan fingerprint density at radius 1 is 1.26 bits per heavy atom. The summed E-state index contributed by atoms with van der Waals surface area (Å²) in [5.41, 5.74) is 1.34. The lowest BCUT2D eigenvalue weighted by Gasteiger charge is -2.33. The van der Waals surface area contributed by atoms with Crippen molar-refractivity contribution in [3.05, 3.63) is 47.8 Å². The fourth-order valence-corrected chi connectivity index (χ4v) is 3.39. The summed E-state index contributed by atoms with van der Waals surface area (Å²) in [6.07, 6.45) is 1.93. The molecule has 1 aliphatic rings. The Morgan fingerprint density at radius 2 is 2.15 bits per heavy atom. The minimum atomic E-state index is -0.0844. The van der Waals surface area contributed by atoms with Crippen molar-refractivity contribution in [2.45, 2.75) is 25.8 Å². The van der Waals surface area contributed by atoms with Crippen molar-refractivity contribution >= 4 is 17.4 Å². The number of piperidine rings is 1. The lowest BCUT2D eigenvalue weighted by molar-refractivity contribution is 0.0932. The molecule has 0 spiro atoms. The molecule has 1 unspecified atom stereocenters. The molecule has 3 aromatic rings. The number of methoxy groups -OCH3 is 1. The number of aryl methyl sites for hydroxylation is 1. The molecule has 0 bridgehead atoms. The largest absolute Gasteiger partial charge is 0.497 e. The summed E-state index contributed by atoms with van der Waals surface area (Å²) in [7, 11) is 1.59. The van der Waals surface area contributed by atoms with Gasteiger partial charge in [-0.15, -0.1) is 15.3 Å². The quantitative estimate of drug-likeness (QED) is 0.758. The molecular formula is C19H22N6O2. The van der Waals surface area contributed by atoms with Crippen LogP contribution in [-0.2, 0) is 0 Å². The molecule has 1 N–H and O–H groups in total. The molecule has 8 nitrogen and oxygen atoms in total. The van der Waals surface area contributed by atoms with Gasteiger partial charge in [0.15, 0.2) is 11.5 Å². The second-order valence-corrected chi connectivity index (χ2v) is 6.70. The van der Waals surface area contributed by atoms with E-state index in [0.29, 0.717) is 11.3 Å². The van der Waals surface area contributed by atoms with Gasteiger partial charge in [-0.05, 0) is 50.1 Å². The Labute approximate surface area is 157 Å². The van der Waals surface area contributed by atoms with E-state index in [1.807, 2.05) is 31.2 Å². The molecule has 4 rings (SSSR count). The number of carbonyl (C=O) groups excluding carboxylic acids is 1. The second-order valence-electron chi connectivity index (χ2n) is 6.70. The first-order chi connectivity index (χ1) is 13.1. The van der Waals surface area contributed by atoms with Crippen LogP contribution in [0.4, 0.5) is 5.82 Å². The molecule has 8 heteroatoms. The third-order valence-electron chi connectivity index (χ3n) is 4.82. The maximum atomic E-state index is 12.6. The van der Waals surface area contributed by atoms with Crippen molar-refractivity contribution in [3.63, 3.8) is 0 Å². The van der Waals surface area contributed by atoms with Crippen molar-refractivity contribution in [3.8, 4) is 5.75 Å². The summed E-state index contributed by atoms with van der Waals surface area (Å²) in [5, 5.41) is 15.9. The highest BCUT2D eigenvalue weighted by Crippen LogP contribution is 2.19. The maximum Gasteiger partial charge on any atom is 0.251 e. The number of carbonyl (C=O) groups is 1. The van der Waals surface area contributed by atoms with Crippen LogP contribution >= 0.6 is 0 Å². The fourth-order valence-electron chi connectivity index (χ4n) is 3.39. The SMILES string of the molecule is COc1cccc(C(=O)NC2CCCN(c3ccc4nnc(C)n4n3)C2)c1. The van der Waals surface area contributed by atoms with Crippen LogP contribution in [0.2, 0.25) is 0 Å². The summed E-state index contributed by atoms with van der Waals surface area (Å²) < 4.78 is 6.94. The number of nitrogens with one attached hydrogen (secondary N) is 1. The van der Waals surface area contributed by atoms with Crippen molar-refractivity contribution in [1.29, 1.82) is 0 Å². The lowest BCUT2D eigenvalue weighted by atomic mass is 10.0. The third kappa shape index (κ3) is 3.55. The van der Waals surface area contributed by atoms with E-state index < -0.39 is 0 Å². The van der Waals surface area contributed by atoms with Gasteiger partial charge >= 0.3 is 0 Å². The average molecular weight is 366 g/mol. The van der Waals surface area contributed by atoms with Gasteiger partial charge in [-0.25, -0.2) is 0 Å². The molecule has 1 saturated heterocycles. The number of nitrogens with zero attached hydrogens (tertiary/aromatic N) is 5. The number of benzene rings is 1. The summed E-state index contributed by atoms with van der Waals surface area (Å²) in [6, 6.07) is 11.1. The van der Waals surface area contributed by atoms with Crippen LogP contribution in [0, 0.1) is 6.92 Å². The molecule has 2 aromatic heterocycles. The average Bonchev–Trinajstić information content (AvgIpc) is 3.08. The van der Waals surface area contributed by atoms with Crippen LogP contribution in [0.5, 0.6) is 5.75 Å². The van der Waals surface area contributed by atoms with Crippen LogP contribution in [-0.4, -0.2) is 52.0 Å². The molecule has 1 atom stereocenters. The normalized spacial score (nSPS) is 17.1.